The Morgan fingerprint density at radius 2 is 1.96 bits per heavy atom. The maximum absolute atomic E-state index is 5.82. The molecular formula is C21H36N4O. The first-order valence-electron chi connectivity index (χ1n) is 9.99. The molecule has 1 aromatic carbocycles. The summed E-state index contributed by atoms with van der Waals surface area (Å²) in [5.74, 6) is 2.08. The zero-order chi connectivity index (χ0) is 18.6. The smallest absolute Gasteiger partial charge is 0.191 e. The molecule has 0 aromatic heterocycles. The monoisotopic (exact) mass is 360 g/mol. The van der Waals surface area contributed by atoms with E-state index in [1.54, 1.807) is 0 Å². The summed E-state index contributed by atoms with van der Waals surface area (Å²) in [6.07, 6.45) is 2.54. The van der Waals surface area contributed by atoms with E-state index in [9.17, 15) is 0 Å². The molecule has 1 aliphatic rings. The minimum Gasteiger partial charge on any atom is -0.376 e. The minimum atomic E-state index is 0.400. The zero-order valence-electron chi connectivity index (χ0n) is 16.7. The number of hydrogen-bond acceptors (Lipinski definition) is 3. The van der Waals surface area contributed by atoms with Crippen LogP contribution in [0.25, 0.3) is 0 Å². The van der Waals surface area contributed by atoms with Crippen molar-refractivity contribution in [2.24, 2.45) is 16.8 Å². The normalized spacial score (nSPS) is 17.9. The van der Waals surface area contributed by atoms with Crippen LogP contribution >= 0.6 is 0 Å². The lowest BCUT2D eigenvalue weighted by atomic mass is 9.97. The Bertz CT molecular complexity index is 512. The van der Waals surface area contributed by atoms with Gasteiger partial charge in [-0.25, -0.2) is 0 Å². The Morgan fingerprint density at radius 1 is 1.23 bits per heavy atom. The fraction of sp³-hybridized carbons (Fsp3) is 0.667. The Labute approximate surface area is 159 Å². The third-order valence-corrected chi connectivity index (χ3v) is 4.82. The van der Waals surface area contributed by atoms with Gasteiger partial charge in [0.2, 0.25) is 0 Å². The minimum absolute atomic E-state index is 0.400. The number of nitrogens with zero attached hydrogens (tertiary/aromatic N) is 2. The van der Waals surface area contributed by atoms with Crippen molar-refractivity contribution in [1.82, 2.24) is 15.5 Å². The first-order chi connectivity index (χ1) is 12.7. The molecule has 2 rings (SSSR count). The Hall–Kier alpha value is -1.59. The van der Waals surface area contributed by atoms with Crippen LogP contribution in [0, 0.1) is 11.8 Å². The molecule has 2 N–H and O–H groups in total. The average Bonchev–Trinajstić information content (AvgIpc) is 2.66. The predicted molar refractivity (Wildman–Crippen MR) is 109 cm³/mol. The van der Waals surface area contributed by atoms with E-state index in [0.29, 0.717) is 12.5 Å². The number of likely N-dealkylation sites (tertiary alicyclic amines) is 1. The molecule has 0 spiro atoms. The van der Waals surface area contributed by atoms with Gasteiger partial charge in [0.25, 0.3) is 0 Å². The second-order valence-corrected chi connectivity index (χ2v) is 7.45. The van der Waals surface area contributed by atoms with Crippen LogP contribution in [0.15, 0.2) is 35.3 Å². The third kappa shape index (κ3) is 8.19. The van der Waals surface area contributed by atoms with Crippen LogP contribution in [0.1, 0.15) is 32.3 Å². The van der Waals surface area contributed by atoms with Crippen LogP contribution in [0.3, 0.4) is 0 Å². The summed E-state index contributed by atoms with van der Waals surface area (Å²) in [6, 6.07) is 10.3. The molecule has 1 saturated heterocycles. The molecule has 0 bridgehead atoms. The lowest BCUT2D eigenvalue weighted by Gasteiger charge is -2.29. The summed E-state index contributed by atoms with van der Waals surface area (Å²) in [5.41, 5.74) is 1.22. The van der Waals surface area contributed by atoms with Crippen molar-refractivity contribution in [2.75, 3.05) is 46.4 Å². The highest BCUT2D eigenvalue weighted by molar-refractivity contribution is 5.79. The van der Waals surface area contributed by atoms with E-state index in [2.05, 4.69) is 48.6 Å². The molecule has 26 heavy (non-hydrogen) atoms. The molecule has 5 nitrogen and oxygen atoms in total. The number of guanidine groups is 1. The molecule has 1 heterocycles. The highest BCUT2D eigenvalue weighted by atomic mass is 16.5. The fourth-order valence-electron chi connectivity index (χ4n) is 3.10. The van der Waals surface area contributed by atoms with Gasteiger partial charge in [0.05, 0.1) is 13.2 Å². The number of aliphatic imine (C=N–C) groups is 1. The Balaban J connectivity index is 1.67. The van der Waals surface area contributed by atoms with Gasteiger partial charge in [-0.15, -0.1) is 0 Å². The molecule has 1 unspecified atom stereocenters. The van der Waals surface area contributed by atoms with E-state index in [1.165, 1.54) is 31.5 Å². The number of rotatable bonds is 9. The molecule has 0 amide bonds. The van der Waals surface area contributed by atoms with Gasteiger partial charge in [0.15, 0.2) is 5.96 Å². The summed E-state index contributed by atoms with van der Waals surface area (Å²) >= 11 is 0. The van der Waals surface area contributed by atoms with Crippen LogP contribution in [0.5, 0.6) is 0 Å². The van der Waals surface area contributed by atoms with Crippen LogP contribution in [-0.2, 0) is 11.3 Å². The first-order valence-corrected chi connectivity index (χ1v) is 9.99. The molecule has 1 atom stereocenters. The van der Waals surface area contributed by atoms with Crippen molar-refractivity contribution in [3.8, 4) is 0 Å². The molecule has 0 aliphatic carbocycles. The van der Waals surface area contributed by atoms with E-state index < -0.39 is 0 Å². The second-order valence-electron chi connectivity index (χ2n) is 7.45. The number of piperidine rings is 1. The zero-order valence-corrected chi connectivity index (χ0v) is 16.7. The quantitative estimate of drug-likeness (QED) is 0.525. The third-order valence-electron chi connectivity index (χ3n) is 4.82. The van der Waals surface area contributed by atoms with E-state index in [4.69, 9.17) is 9.73 Å². The lowest BCUT2D eigenvalue weighted by molar-refractivity contribution is 0.0945. The number of nitrogens with one attached hydrogen (secondary N) is 2. The second kappa shape index (κ2) is 11.9. The van der Waals surface area contributed by atoms with Crippen molar-refractivity contribution in [3.05, 3.63) is 35.9 Å². The lowest BCUT2D eigenvalue weighted by Crippen LogP contribution is -2.42. The average molecular weight is 361 g/mol. The fourth-order valence-corrected chi connectivity index (χ4v) is 3.10. The molecule has 1 aliphatic heterocycles. The van der Waals surface area contributed by atoms with Crippen molar-refractivity contribution < 1.29 is 4.74 Å². The van der Waals surface area contributed by atoms with Gasteiger partial charge >= 0.3 is 0 Å². The van der Waals surface area contributed by atoms with Gasteiger partial charge < -0.3 is 20.3 Å². The van der Waals surface area contributed by atoms with Crippen molar-refractivity contribution >= 4 is 5.96 Å². The van der Waals surface area contributed by atoms with Gasteiger partial charge in [0, 0.05) is 19.6 Å². The highest BCUT2D eigenvalue weighted by Crippen LogP contribution is 2.14. The maximum atomic E-state index is 5.82. The van der Waals surface area contributed by atoms with Gasteiger partial charge in [-0.2, -0.15) is 0 Å². The first kappa shape index (κ1) is 20.7. The van der Waals surface area contributed by atoms with Crippen molar-refractivity contribution in [3.63, 3.8) is 0 Å². The highest BCUT2D eigenvalue weighted by Gasteiger charge is 2.16. The summed E-state index contributed by atoms with van der Waals surface area (Å²) < 4.78 is 5.82. The van der Waals surface area contributed by atoms with Crippen LogP contribution in [-0.4, -0.2) is 57.2 Å². The van der Waals surface area contributed by atoms with E-state index in [-0.39, 0.29) is 0 Å². The van der Waals surface area contributed by atoms with Gasteiger partial charge in [0.1, 0.15) is 0 Å². The molecule has 0 radical (unpaired) electrons. The summed E-state index contributed by atoms with van der Waals surface area (Å²) in [4.78, 5) is 7.15. The number of benzene rings is 1. The summed E-state index contributed by atoms with van der Waals surface area (Å²) in [6.45, 7) is 10.8. The molecule has 146 valence electrons. The summed E-state index contributed by atoms with van der Waals surface area (Å²) in [7, 11) is 2.20. The number of ether oxygens (including phenoxy) is 1. The molecule has 0 saturated carbocycles. The van der Waals surface area contributed by atoms with E-state index in [0.717, 1.165) is 38.1 Å². The van der Waals surface area contributed by atoms with Gasteiger partial charge in [-0.1, -0.05) is 37.3 Å². The largest absolute Gasteiger partial charge is 0.376 e. The van der Waals surface area contributed by atoms with Gasteiger partial charge in [-0.3, -0.25) is 4.99 Å². The topological polar surface area (TPSA) is 48.9 Å². The summed E-state index contributed by atoms with van der Waals surface area (Å²) in [5, 5.41) is 6.88. The SMILES string of the molecule is CCNC(=NCC(C)COCc1ccccc1)NCC1CCN(C)CC1. The van der Waals surface area contributed by atoms with Crippen LogP contribution in [0.2, 0.25) is 0 Å². The molecule has 1 aromatic rings. The molecule has 1 fully saturated rings. The van der Waals surface area contributed by atoms with Crippen molar-refractivity contribution in [1.29, 1.82) is 0 Å². The Morgan fingerprint density at radius 3 is 2.65 bits per heavy atom. The van der Waals surface area contributed by atoms with Crippen LogP contribution < -0.4 is 10.6 Å². The number of hydrogen-bond donors (Lipinski definition) is 2. The maximum Gasteiger partial charge on any atom is 0.191 e. The van der Waals surface area contributed by atoms with Crippen molar-refractivity contribution in [2.45, 2.75) is 33.3 Å². The van der Waals surface area contributed by atoms with Crippen LogP contribution in [0.4, 0.5) is 0 Å². The van der Waals surface area contributed by atoms with Gasteiger partial charge in [-0.05, 0) is 57.3 Å². The standard InChI is InChI=1S/C21H36N4O/c1-4-22-21(24-15-19-10-12-25(3)13-11-19)23-14-18(2)16-26-17-20-8-6-5-7-9-20/h5-9,18-19H,4,10-17H2,1-3H3,(H2,22,23,24). The van der Waals surface area contributed by atoms with E-state index >= 15 is 0 Å². The molecular weight excluding hydrogens is 324 g/mol. The Kier molecular flexibility index (Phi) is 9.50. The van der Waals surface area contributed by atoms with E-state index in [1.807, 2.05) is 18.2 Å². The predicted octanol–water partition coefficient (Wildman–Crippen LogP) is 2.74. The molecule has 5 heteroatoms.